The molecule has 1 heterocycles. The maximum Gasteiger partial charge on any atom is 0.295 e. The van der Waals surface area contributed by atoms with E-state index in [0.717, 1.165) is 10.2 Å². The minimum Gasteiger partial charge on any atom is -0.364 e. The molecule has 1 aromatic heterocycles. The summed E-state index contributed by atoms with van der Waals surface area (Å²) >= 11 is 0. The van der Waals surface area contributed by atoms with Gasteiger partial charge in [-0.05, 0) is 55.5 Å². The smallest absolute Gasteiger partial charge is 0.295 e. The van der Waals surface area contributed by atoms with E-state index in [1.165, 1.54) is 24.3 Å². The number of aromatic nitrogens is 2. The van der Waals surface area contributed by atoms with Crippen LogP contribution >= 0.6 is 0 Å². The Morgan fingerprint density at radius 3 is 2.19 bits per heavy atom. The average Bonchev–Trinajstić information content (AvgIpc) is 3.31. The van der Waals surface area contributed by atoms with Crippen molar-refractivity contribution in [2.24, 2.45) is 0 Å². The van der Waals surface area contributed by atoms with E-state index in [2.05, 4.69) is 20.8 Å². The molecule has 2 amide bonds. The van der Waals surface area contributed by atoms with E-state index < -0.39 is 21.8 Å². The molecule has 10 nitrogen and oxygen atoms in total. The van der Waals surface area contributed by atoms with Crippen molar-refractivity contribution >= 4 is 33.3 Å². The number of aromatic amines is 1. The lowest BCUT2D eigenvalue weighted by Gasteiger charge is -2.24. The van der Waals surface area contributed by atoms with Gasteiger partial charge in [-0.1, -0.05) is 40.9 Å². The van der Waals surface area contributed by atoms with Crippen LogP contribution in [-0.2, 0) is 14.8 Å². The number of amides is 2. The van der Waals surface area contributed by atoms with Crippen molar-refractivity contribution in [1.29, 1.82) is 0 Å². The number of hydrogen-bond acceptors (Lipinski definition) is 6. The number of para-hydroxylation sites is 2. The highest BCUT2D eigenvalue weighted by molar-refractivity contribution is 7.92. The van der Waals surface area contributed by atoms with Crippen molar-refractivity contribution in [1.82, 2.24) is 15.5 Å². The molecular weight excluding hydrogens is 482 g/mol. The Labute approximate surface area is 207 Å². The highest BCUT2D eigenvalue weighted by Crippen LogP contribution is 2.26. The number of nitrogens with one attached hydrogen (secondary N) is 3. The molecule has 0 aliphatic rings. The zero-order chi connectivity index (χ0) is 25.5. The fourth-order valence-corrected chi connectivity index (χ4v) is 4.43. The van der Waals surface area contributed by atoms with E-state index in [1.54, 1.807) is 73.7 Å². The first-order valence-corrected chi connectivity index (χ1v) is 12.3. The topological polar surface area (TPSA) is 133 Å². The van der Waals surface area contributed by atoms with E-state index >= 15 is 0 Å². The van der Waals surface area contributed by atoms with Crippen LogP contribution in [-0.4, -0.2) is 37.0 Å². The van der Waals surface area contributed by atoms with Crippen molar-refractivity contribution < 1.29 is 22.8 Å². The maximum absolute atomic E-state index is 13.4. The Bertz CT molecular complexity index is 1440. The van der Waals surface area contributed by atoms with Gasteiger partial charge in [0.05, 0.1) is 17.1 Å². The molecule has 4 rings (SSSR count). The molecule has 0 radical (unpaired) electrons. The zero-order valence-corrected chi connectivity index (χ0v) is 20.0. The lowest BCUT2D eigenvalue weighted by molar-refractivity contribution is -0.115. The summed E-state index contributed by atoms with van der Waals surface area (Å²) < 4.78 is 27.7. The van der Waals surface area contributed by atoms with Gasteiger partial charge in [-0.3, -0.25) is 14.7 Å². The second-order valence-electron chi connectivity index (χ2n) is 7.66. The molecule has 0 fully saturated rings. The van der Waals surface area contributed by atoms with E-state index in [9.17, 15) is 18.0 Å². The van der Waals surface area contributed by atoms with Gasteiger partial charge in [0.2, 0.25) is 5.91 Å². The molecule has 4 aromatic rings. The SMILES string of the molecule is Cc1cc(NC(=O)CNC(=O)c2ccc(S(=O)(=O)N(Oc3ccccc3)c3ccccc3)cc2)n[nH]1. The molecule has 0 unspecified atom stereocenters. The van der Waals surface area contributed by atoms with Crippen LogP contribution in [0.3, 0.4) is 0 Å². The molecule has 0 aliphatic carbocycles. The van der Waals surface area contributed by atoms with Crippen molar-refractivity contribution in [2.75, 3.05) is 16.3 Å². The van der Waals surface area contributed by atoms with Gasteiger partial charge in [0.1, 0.15) is 0 Å². The van der Waals surface area contributed by atoms with Gasteiger partial charge in [0.15, 0.2) is 11.6 Å². The first-order chi connectivity index (χ1) is 17.3. The zero-order valence-electron chi connectivity index (χ0n) is 19.2. The number of H-pyrrole nitrogens is 1. The molecule has 184 valence electrons. The predicted molar refractivity (Wildman–Crippen MR) is 134 cm³/mol. The Balaban J connectivity index is 1.47. The van der Waals surface area contributed by atoms with Crippen LogP contribution in [0.2, 0.25) is 0 Å². The van der Waals surface area contributed by atoms with Gasteiger partial charge >= 0.3 is 0 Å². The molecule has 0 saturated carbocycles. The fourth-order valence-electron chi connectivity index (χ4n) is 3.17. The Morgan fingerprint density at radius 1 is 0.944 bits per heavy atom. The first kappa shape index (κ1) is 24.5. The number of carbonyl (C=O) groups is 2. The van der Waals surface area contributed by atoms with Crippen molar-refractivity contribution in [3.8, 4) is 5.75 Å². The highest BCUT2D eigenvalue weighted by Gasteiger charge is 2.27. The Hall–Kier alpha value is -4.64. The van der Waals surface area contributed by atoms with E-state index in [0.29, 0.717) is 17.3 Å². The highest BCUT2D eigenvalue weighted by atomic mass is 32.2. The van der Waals surface area contributed by atoms with Crippen LogP contribution in [0.1, 0.15) is 16.1 Å². The van der Waals surface area contributed by atoms with Crippen molar-refractivity contribution in [2.45, 2.75) is 11.8 Å². The number of rotatable bonds is 9. The minimum atomic E-state index is -4.15. The summed E-state index contributed by atoms with van der Waals surface area (Å²) in [5.74, 6) is -0.301. The number of hydrogen-bond donors (Lipinski definition) is 3. The molecule has 11 heteroatoms. The molecular formula is C25H23N5O5S. The number of aryl methyl sites for hydroxylation is 1. The molecule has 0 aliphatic heterocycles. The van der Waals surface area contributed by atoms with Crippen molar-refractivity contribution in [3.63, 3.8) is 0 Å². The number of anilines is 2. The van der Waals surface area contributed by atoms with Crippen LogP contribution in [0.15, 0.2) is 95.9 Å². The summed E-state index contributed by atoms with van der Waals surface area (Å²) in [6, 6.07) is 23.9. The molecule has 3 N–H and O–H groups in total. The monoisotopic (exact) mass is 505 g/mol. The lowest BCUT2D eigenvalue weighted by Crippen LogP contribution is -2.34. The van der Waals surface area contributed by atoms with Crippen LogP contribution in [0, 0.1) is 6.92 Å². The molecule has 0 saturated heterocycles. The third kappa shape index (κ3) is 5.88. The Kier molecular flexibility index (Phi) is 7.31. The number of nitrogens with zero attached hydrogens (tertiary/aromatic N) is 2. The van der Waals surface area contributed by atoms with Gasteiger partial charge in [-0.2, -0.15) is 13.5 Å². The third-order valence-electron chi connectivity index (χ3n) is 4.91. The van der Waals surface area contributed by atoms with Crippen LogP contribution in [0.25, 0.3) is 0 Å². The maximum atomic E-state index is 13.4. The van der Waals surface area contributed by atoms with Gasteiger partial charge in [0.25, 0.3) is 15.9 Å². The lowest BCUT2D eigenvalue weighted by atomic mass is 10.2. The van der Waals surface area contributed by atoms with Gasteiger partial charge in [-0.15, -0.1) is 0 Å². The first-order valence-electron chi connectivity index (χ1n) is 10.9. The van der Waals surface area contributed by atoms with Crippen molar-refractivity contribution in [3.05, 3.63) is 102 Å². The van der Waals surface area contributed by atoms with Crippen LogP contribution in [0.5, 0.6) is 5.75 Å². The van der Waals surface area contributed by atoms with Crippen LogP contribution < -0.4 is 19.9 Å². The molecule has 3 aromatic carbocycles. The standard InChI is InChI=1S/C25H23N5O5S/c1-18-16-23(29-28-18)27-24(31)17-26-25(32)19-12-14-22(15-13-19)36(33,34)30(20-8-4-2-5-9-20)35-21-10-6-3-7-11-21/h2-16H,17H2,1H3,(H,26,32)(H2,27,28,29,31). The average molecular weight is 506 g/mol. The van der Waals surface area contributed by atoms with Crippen LogP contribution in [0.4, 0.5) is 11.5 Å². The van der Waals surface area contributed by atoms with Gasteiger partial charge in [0, 0.05) is 17.3 Å². The predicted octanol–water partition coefficient (Wildman–Crippen LogP) is 3.28. The largest absolute Gasteiger partial charge is 0.364 e. The second-order valence-corrected chi connectivity index (χ2v) is 9.42. The summed E-state index contributed by atoms with van der Waals surface area (Å²) in [4.78, 5) is 30.1. The molecule has 0 bridgehead atoms. The summed E-state index contributed by atoms with van der Waals surface area (Å²) in [6.45, 7) is 1.51. The summed E-state index contributed by atoms with van der Waals surface area (Å²) in [5.41, 5.74) is 1.28. The summed E-state index contributed by atoms with van der Waals surface area (Å²) in [5, 5.41) is 11.6. The molecule has 36 heavy (non-hydrogen) atoms. The van der Waals surface area contributed by atoms with Gasteiger partial charge in [-0.25, -0.2) is 0 Å². The Morgan fingerprint density at radius 2 is 1.58 bits per heavy atom. The molecule has 0 atom stereocenters. The third-order valence-corrected chi connectivity index (χ3v) is 6.50. The second kappa shape index (κ2) is 10.7. The minimum absolute atomic E-state index is 0.0783. The number of benzene rings is 3. The van der Waals surface area contributed by atoms with E-state index in [1.807, 2.05) is 0 Å². The quantitative estimate of drug-likeness (QED) is 0.299. The van der Waals surface area contributed by atoms with Gasteiger partial charge < -0.3 is 15.5 Å². The molecule has 0 spiro atoms. The number of sulfonamides is 1. The summed E-state index contributed by atoms with van der Waals surface area (Å²) in [6.07, 6.45) is 0. The summed E-state index contributed by atoms with van der Waals surface area (Å²) in [7, 11) is -4.15. The fraction of sp³-hybridized carbons (Fsp3) is 0.0800. The number of carbonyl (C=O) groups excluding carboxylic acids is 2. The van der Waals surface area contributed by atoms with E-state index in [4.69, 9.17) is 4.84 Å². The van der Waals surface area contributed by atoms with E-state index in [-0.39, 0.29) is 17.0 Å². The normalized spacial score (nSPS) is 10.9.